The van der Waals surface area contributed by atoms with E-state index in [1.54, 1.807) is 13.8 Å². The molecule has 2 N–H and O–H groups in total. The maximum absolute atomic E-state index is 11.9. The van der Waals surface area contributed by atoms with Crippen molar-refractivity contribution < 1.29 is 14.2 Å². The first-order valence-corrected chi connectivity index (χ1v) is 11.1. The van der Waals surface area contributed by atoms with Crippen LogP contribution in [0.25, 0.3) is 22.6 Å². The predicted molar refractivity (Wildman–Crippen MR) is 119 cm³/mol. The number of benzene rings is 1. The number of nitrogens with one attached hydrogen (secondary N) is 2. The molecule has 0 aliphatic rings. The van der Waals surface area contributed by atoms with Crippen molar-refractivity contribution in [3.05, 3.63) is 29.3 Å². The number of nitrogens with zero attached hydrogens (tertiary/aromatic N) is 6. The van der Waals surface area contributed by atoms with E-state index in [1.165, 1.54) is 11.3 Å². The van der Waals surface area contributed by atoms with Gasteiger partial charge in [-0.3, -0.25) is 9.59 Å². The molecule has 32 heavy (non-hydrogen) atoms. The van der Waals surface area contributed by atoms with E-state index in [4.69, 9.17) is 9.61 Å². The van der Waals surface area contributed by atoms with Gasteiger partial charge in [0.2, 0.25) is 22.8 Å². The van der Waals surface area contributed by atoms with Crippen LogP contribution in [0.5, 0.6) is 0 Å². The molecule has 12 heteroatoms. The van der Waals surface area contributed by atoms with Crippen molar-refractivity contribution in [3.63, 3.8) is 0 Å². The summed E-state index contributed by atoms with van der Waals surface area (Å²) in [5, 5.41) is 22.8. The SMILES string of the molecule is CCC(=O)Nc1nnc(CCCn2c(-c3nonc3NC(=O)CC)nc3ccccc32)s1. The third kappa shape index (κ3) is 4.64. The average molecular weight is 455 g/mol. The molecule has 0 saturated heterocycles. The van der Waals surface area contributed by atoms with Crippen molar-refractivity contribution >= 4 is 45.1 Å². The third-order valence-electron chi connectivity index (χ3n) is 4.74. The average Bonchev–Trinajstić information content (AvgIpc) is 3.52. The third-order valence-corrected chi connectivity index (χ3v) is 5.64. The molecular formula is C20H22N8O3S. The van der Waals surface area contributed by atoms with Gasteiger partial charge in [0, 0.05) is 25.8 Å². The molecule has 0 bridgehead atoms. The van der Waals surface area contributed by atoms with Gasteiger partial charge in [0.15, 0.2) is 11.5 Å². The van der Waals surface area contributed by atoms with Crippen molar-refractivity contribution in [3.8, 4) is 11.5 Å². The van der Waals surface area contributed by atoms with Crippen LogP contribution in [0.2, 0.25) is 0 Å². The summed E-state index contributed by atoms with van der Waals surface area (Å²) >= 11 is 1.37. The fraction of sp³-hybridized carbons (Fsp3) is 0.350. The van der Waals surface area contributed by atoms with E-state index in [-0.39, 0.29) is 17.6 Å². The number of aryl methyl sites for hydroxylation is 2. The summed E-state index contributed by atoms with van der Waals surface area (Å²) in [4.78, 5) is 28.1. The number of fused-ring (bicyclic) bond motifs is 1. The number of para-hydroxylation sites is 2. The lowest BCUT2D eigenvalue weighted by molar-refractivity contribution is -0.116. The summed E-state index contributed by atoms with van der Waals surface area (Å²) in [6.45, 7) is 4.16. The molecule has 0 spiro atoms. The minimum atomic E-state index is -0.188. The van der Waals surface area contributed by atoms with Crippen LogP contribution in [0.15, 0.2) is 28.9 Å². The molecule has 0 unspecified atom stereocenters. The Morgan fingerprint density at radius 3 is 2.66 bits per heavy atom. The van der Waals surface area contributed by atoms with Gasteiger partial charge in [-0.25, -0.2) is 9.61 Å². The van der Waals surface area contributed by atoms with Crippen LogP contribution >= 0.6 is 11.3 Å². The molecule has 4 rings (SSSR count). The summed E-state index contributed by atoms with van der Waals surface area (Å²) in [5.74, 6) is 0.530. The van der Waals surface area contributed by atoms with Crippen LogP contribution in [-0.2, 0) is 22.6 Å². The summed E-state index contributed by atoms with van der Waals surface area (Å²) in [5.41, 5.74) is 2.12. The Bertz CT molecular complexity index is 1240. The summed E-state index contributed by atoms with van der Waals surface area (Å²) in [7, 11) is 0. The Balaban J connectivity index is 1.55. The molecule has 166 valence electrons. The molecule has 0 saturated carbocycles. The Morgan fingerprint density at radius 2 is 1.84 bits per heavy atom. The molecule has 4 aromatic rings. The Kier molecular flexibility index (Phi) is 6.50. The smallest absolute Gasteiger partial charge is 0.225 e. The molecule has 0 radical (unpaired) electrons. The molecule has 3 heterocycles. The molecule has 0 aliphatic heterocycles. The van der Waals surface area contributed by atoms with Crippen molar-refractivity contribution in [2.45, 2.75) is 46.1 Å². The monoisotopic (exact) mass is 454 g/mol. The fourth-order valence-corrected chi connectivity index (χ4v) is 3.92. The lowest BCUT2D eigenvalue weighted by atomic mass is 10.3. The van der Waals surface area contributed by atoms with Crippen LogP contribution in [0.4, 0.5) is 10.9 Å². The molecule has 3 aromatic heterocycles. The van der Waals surface area contributed by atoms with Crippen molar-refractivity contribution in [2.75, 3.05) is 10.6 Å². The largest absolute Gasteiger partial charge is 0.322 e. The fourth-order valence-electron chi connectivity index (χ4n) is 3.12. The second kappa shape index (κ2) is 9.64. The lowest BCUT2D eigenvalue weighted by Gasteiger charge is -2.08. The number of imidazole rings is 1. The molecule has 0 fully saturated rings. The summed E-state index contributed by atoms with van der Waals surface area (Å²) in [6.07, 6.45) is 2.14. The second-order valence-corrected chi connectivity index (χ2v) is 8.01. The van der Waals surface area contributed by atoms with Crippen LogP contribution in [0.1, 0.15) is 38.1 Å². The maximum Gasteiger partial charge on any atom is 0.225 e. The van der Waals surface area contributed by atoms with E-state index < -0.39 is 0 Å². The Morgan fingerprint density at radius 1 is 1.06 bits per heavy atom. The highest BCUT2D eigenvalue weighted by Crippen LogP contribution is 2.28. The second-order valence-electron chi connectivity index (χ2n) is 6.95. The lowest BCUT2D eigenvalue weighted by Crippen LogP contribution is -2.11. The van der Waals surface area contributed by atoms with Gasteiger partial charge in [0.1, 0.15) is 5.01 Å². The van der Waals surface area contributed by atoms with Crippen LogP contribution in [0, 0.1) is 0 Å². The van der Waals surface area contributed by atoms with Crippen LogP contribution in [-0.4, -0.2) is 41.9 Å². The zero-order chi connectivity index (χ0) is 22.5. The first kappa shape index (κ1) is 21.6. The number of carbonyl (C=O) groups is 2. The molecule has 1 aromatic carbocycles. The molecule has 2 amide bonds. The van der Waals surface area contributed by atoms with E-state index in [1.807, 2.05) is 28.8 Å². The number of hydrogen-bond donors (Lipinski definition) is 2. The predicted octanol–water partition coefficient (Wildman–Crippen LogP) is 3.27. The van der Waals surface area contributed by atoms with Crippen molar-refractivity contribution in [2.24, 2.45) is 0 Å². The number of rotatable bonds is 9. The maximum atomic E-state index is 11.9. The number of carbonyl (C=O) groups excluding carboxylic acids is 2. The first-order valence-electron chi connectivity index (χ1n) is 10.3. The highest BCUT2D eigenvalue weighted by Gasteiger charge is 2.21. The molecular weight excluding hydrogens is 432 g/mol. The minimum absolute atomic E-state index is 0.0885. The van der Waals surface area contributed by atoms with E-state index in [0.29, 0.717) is 42.5 Å². The normalized spacial score (nSPS) is 11.1. The number of anilines is 2. The van der Waals surface area contributed by atoms with Gasteiger partial charge in [-0.2, -0.15) is 0 Å². The number of amides is 2. The van der Waals surface area contributed by atoms with Gasteiger partial charge < -0.3 is 15.2 Å². The first-order chi connectivity index (χ1) is 15.6. The van der Waals surface area contributed by atoms with Crippen molar-refractivity contribution in [1.82, 2.24) is 30.1 Å². The Labute approximate surface area is 187 Å². The topological polar surface area (TPSA) is 141 Å². The van der Waals surface area contributed by atoms with Gasteiger partial charge in [-0.15, -0.1) is 10.2 Å². The van der Waals surface area contributed by atoms with Gasteiger partial charge in [-0.1, -0.05) is 37.3 Å². The molecule has 0 aliphatic carbocycles. The van der Waals surface area contributed by atoms with E-state index in [0.717, 1.165) is 22.5 Å². The standard InChI is InChI=1S/C20H22N8O3S/c1-3-14(29)22-18-17(26-31-27-18)19-21-12-8-5-6-9-13(12)28(19)11-7-10-16-24-25-20(32-16)23-15(30)4-2/h5-6,8-9H,3-4,7,10-11H2,1-2H3,(H,22,27,29)(H,23,25,30). The van der Waals surface area contributed by atoms with Gasteiger partial charge in [0.25, 0.3) is 0 Å². The number of hydrogen-bond acceptors (Lipinski definition) is 9. The van der Waals surface area contributed by atoms with Crippen molar-refractivity contribution in [1.29, 1.82) is 0 Å². The molecule has 0 atom stereocenters. The Hall–Kier alpha value is -3.67. The van der Waals surface area contributed by atoms with Gasteiger partial charge >= 0.3 is 0 Å². The van der Waals surface area contributed by atoms with Crippen LogP contribution in [0.3, 0.4) is 0 Å². The number of aromatic nitrogens is 6. The van der Waals surface area contributed by atoms with E-state index >= 15 is 0 Å². The van der Waals surface area contributed by atoms with Gasteiger partial charge in [-0.05, 0) is 28.9 Å². The zero-order valence-electron chi connectivity index (χ0n) is 17.7. The van der Waals surface area contributed by atoms with Crippen LogP contribution < -0.4 is 10.6 Å². The minimum Gasteiger partial charge on any atom is -0.322 e. The zero-order valence-corrected chi connectivity index (χ0v) is 18.5. The summed E-state index contributed by atoms with van der Waals surface area (Å²) < 4.78 is 6.92. The summed E-state index contributed by atoms with van der Waals surface area (Å²) in [6, 6.07) is 7.75. The molecule has 11 nitrogen and oxygen atoms in total. The quantitative estimate of drug-likeness (QED) is 0.393. The van der Waals surface area contributed by atoms with Gasteiger partial charge in [0.05, 0.1) is 11.0 Å². The van der Waals surface area contributed by atoms with E-state index in [9.17, 15) is 9.59 Å². The highest BCUT2D eigenvalue weighted by molar-refractivity contribution is 7.15. The van der Waals surface area contributed by atoms with E-state index in [2.05, 4.69) is 31.1 Å². The highest BCUT2D eigenvalue weighted by atomic mass is 32.1.